The van der Waals surface area contributed by atoms with Crippen molar-refractivity contribution < 1.29 is 42.3 Å². The number of carbonyl (C=O) groups excluding carboxylic acids is 5. The van der Waals surface area contributed by atoms with E-state index in [-0.39, 0.29) is 80.1 Å². The molecule has 5 amide bonds. The van der Waals surface area contributed by atoms with Gasteiger partial charge >= 0.3 is 0 Å². The van der Waals surface area contributed by atoms with Gasteiger partial charge in [-0.05, 0) is 79.6 Å². The van der Waals surface area contributed by atoms with Crippen molar-refractivity contribution >= 4 is 63.1 Å². The van der Waals surface area contributed by atoms with Gasteiger partial charge in [-0.3, -0.25) is 34.6 Å². The number of nitrogens with zero attached hydrogens (tertiary/aromatic N) is 7. The Kier molecular flexibility index (Phi) is 11.7. The minimum absolute atomic E-state index is 0.0686. The number of amides is 5. The average Bonchev–Trinajstić information content (AvgIpc) is 4.13. The third kappa shape index (κ3) is 8.70. The first-order valence-electron chi connectivity index (χ1n) is 22.4. The number of anilines is 4. The van der Waals surface area contributed by atoms with E-state index in [2.05, 4.69) is 30.8 Å². The molecule has 16 nitrogen and oxygen atoms in total. The fourth-order valence-electron chi connectivity index (χ4n) is 9.94. The zero-order chi connectivity index (χ0) is 46.6. The van der Waals surface area contributed by atoms with Crippen molar-refractivity contribution in [3.63, 3.8) is 0 Å². The van der Waals surface area contributed by atoms with Crippen molar-refractivity contribution in [2.24, 2.45) is 0 Å². The molecule has 0 bridgehead atoms. The number of hydrogen-bond acceptors (Lipinski definition) is 12. The summed E-state index contributed by atoms with van der Waals surface area (Å²) in [5.74, 6) is -4.32. The maximum atomic E-state index is 16.0. The highest BCUT2D eigenvalue weighted by Crippen LogP contribution is 2.39. The van der Waals surface area contributed by atoms with Gasteiger partial charge in [0.15, 0.2) is 22.8 Å². The molecule has 0 spiro atoms. The van der Waals surface area contributed by atoms with E-state index >= 15 is 13.2 Å². The number of hydrogen-bond donors (Lipinski definition) is 4. The van der Waals surface area contributed by atoms with Gasteiger partial charge in [-0.15, -0.1) is 11.3 Å². The number of imidazole rings is 1. The summed E-state index contributed by atoms with van der Waals surface area (Å²) in [4.78, 5) is 80.5. The Morgan fingerprint density at radius 3 is 2.33 bits per heavy atom. The molecule has 1 unspecified atom stereocenters. The number of piperazine rings is 1. The highest BCUT2D eigenvalue weighted by Gasteiger charge is 2.43. The molecule has 0 radical (unpaired) electrons. The first kappa shape index (κ1) is 44.1. The van der Waals surface area contributed by atoms with E-state index in [1.54, 1.807) is 28.9 Å². The first-order chi connectivity index (χ1) is 32.3. The summed E-state index contributed by atoms with van der Waals surface area (Å²) in [7, 11) is 0. The van der Waals surface area contributed by atoms with E-state index in [0.717, 1.165) is 36.5 Å². The van der Waals surface area contributed by atoms with Crippen molar-refractivity contribution in [3.05, 3.63) is 106 Å². The van der Waals surface area contributed by atoms with Crippen LogP contribution in [0.25, 0.3) is 11.1 Å². The van der Waals surface area contributed by atoms with Crippen LogP contribution >= 0.6 is 11.3 Å². The Morgan fingerprint density at radius 2 is 1.63 bits per heavy atom. The number of benzene rings is 3. The van der Waals surface area contributed by atoms with Crippen LogP contribution in [0.4, 0.5) is 35.4 Å². The van der Waals surface area contributed by atoms with E-state index in [1.165, 1.54) is 27.2 Å². The highest BCUT2D eigenvalue weighted by atomic mass is 32.1. The lowest BCUT2D eigenvalue weighted by molar-refractivity contribution is -0.138. The number of carbonyl (C=O) groups is 5. The molecule has 7 heterocycles. The second-order valence-electron chi connectivity index (χ2n) is 17.8. The predicted molar refractivity (Wildman–Crippen MR) is 242 cm³/mol. The summed E-state index contributed by atoms with van der Waals surface area (Å²) in [6.45, 7) is 2.80. The van der Waals surface area contributed by atoms with E-state index < -0.39 is 58.8 Å². The van der Waals surface area contributed by atoms with Crippen LogP contribution in [0.1, 0.15) is 71.9 Å². The SMILES string of the molecule is O=C1CC[C@H](Nc2cc(F)c(N3CCC(O)(CC(=O)N4CCN(c5ccc(-c6cc(F)c7c(c6)C(=O)N(C(C(=O)Nc6nccs6)c6ncn8c6CCC8)C7)cc5)CC4)CC3)c(F)c2)C(=O)N1. The van der Waals surface area contributed by atoms with Crippen LogP contribution in [-0.4, -0.2) is 110 Å². The minimum atomic E-state index is -1.35. The maximum absolute atomic E-state index is 16.0. The number of fused-ring (bicyclic) bond motifs is 2. The smallest absolute Gasteiger partial charge is 0.255 e. The van der Waals surface area contributed by atoms with Crippen molar-refractivity contribution in [2.75, 3.05) is 59.7 Å². The lowest BCUT2D eigenvalue weighted by atomic mass is 9.87. The molecule has 67 heavy (non-hydrogen) atoms. The highest BCUT2D eigenvalue weighted by molar-refractivity contribution is 7.13. The number of aromatic nitrogens is 3. The lowest BCUT2D eigenvalue weighted by Crippen LogP contribution is -2.52. The second kappa shape index (κ2) is 17.8. The Bertz CT molecular complexity index is 2750. The van der Waals surface area contributed by atoms with Crippen LogP contribution in [0, 0.1) is 17.5 Å². The zero-order valence-electron chi connectivity index (χ0n) is 36.3. The summed E-state index contributed by atoms with van der Waals surface area (Å²) in [6.07, 6.45) is 5.30. The minimum Gasteiger partial charge on any atom is -0.389 e. The Balaban J connectivity index is 0.739. The van der Waals surface area contributed by atoms with Gasteiger partial charge in [0.1, 0.15) is 17.5 Å². The number of rotatable bonds is 11. The molecule has 4 N–H and O–H groups in total. The molecule has 10 rings (SSSR count). The number of halogens is 3. The van der Waals surface area contributed by atoms with Gasteiger partial charge in [-0.1, -0.05) is 12.1 Å². The first-order valence-corrected chi connectivity index (χ1v) is 23.3. The summed E-state index contributed by atoms with van der Waals surface area (Å²) in [5.41, 5.74) is 2.34. The third-order valence-corrected chi connectivity index (χ3v) is 14.3. The lowest BCUT2D eigenvalue weighted by Gasteiger charge is -2.41. The monoisotopic (exact) mass is 936 g/mol. The molecule has 0 aliphatic carbocycles. The summed E-state index contributed by atoms with van der Waals surface area (Å²) in [6, 6.07) is 10.9. The van der Waals surface area contributed by atoms with Crippen LogP contribution in [0.5, 0.6) is 0 Å². The van der Waals surface area contributed by atoms with Crippen LogP contribution in [0.15, 0.2) is 66.4 Å². The molecule has 3 fully saturated rings. The molecular weight excluding hydrogens is 890 g/mol. The molecular formula is C47H47F3N10O6S. The summed E-state index contributed by atoms with van der Waals surface area (Å²) in [5, 5.41) is 21.4. The quantitative estimate of drug-likeness (QED) is 0.131. The largest absolute Gasteiger partial charge is 0.389 e. The number of aliphatic hydroxyl groups is 1. The van der Waals surface area contributed by atoms with Crippen LogP contribution in [0.2, 0.25) is 0 Å². The van der Waals surface area contributed by atoms with Crippen molar-refractivity contribution in [3.8, 4) is 11.1 Å². The fraction of sp³-hybridized carbons (Fsp3) is 0.383. The molecule has 5 aliphatic rings. The Morgan fingerprint density at radius 1 is 0.881 bits per heavy atom. The molecule has 3 aromatic carbocycles. The second-order valence-corrected chi connectivity index (χ2v) is 18.7. The molecule has 2 atom stereocenters. The molecule has 2 aromatic heterocycles. The fourth-order valence-corrected chi connectivity index (χ4v) is 10.5. The molecule has 5 aliphatic heterocycles. The van der Waals surface area contributed by atoms with Gasteiger partial charge in [0.2, 0.25) is 17.7 Å². The van der Waals surface area contributed by atoms with Gasteiger partial charge in [0.25, 0.3) is 11.8 Å². The Labute approximate surface area is 386 Å². The van der Waals surface area contributed by atoms with Crippen LogP contribution < -0.4 is 25.8 Å². The van der Waals surface area contributed by atoms with E-state index in [1.807, 2.05) is 28.8 Å². The maximum Gasteiger partial charge on any atom is 0.255 e. The molecule has 20 heteroatoms. The predicted octanol–water partition coefficient (Wildman–Crippen LogP) is 4.99. The third-order valence-electron chi connectivity index (χ3n) is 13.6. The van der Waals surface area contributed by atoms with Gasteiger partial charge in [0.05, 0.1) is 30.6 Å². The van der Waals surface area contributed by atoms with Gasteiger partial charge in [-0.25, -0.2) is 23.1 Å². The molecule has 0 saturated carbocycles. The van der Waals surface area contributed by atoms with E-state index in [9.17, 15) is 29.1 Å². The zero-order valence-corrected chi connectivity index (χ0v) is 37.1. The van der Waals surface area contributed by atoms with Crippen LogP contribution in [-0.2, 0) is 38.7 Å². The summed E-state index contributed by atoms with van der Waals surface area (Å²) < 4.78 is 48.5. The number of imide groups is 1. The summed E-state index contributed by atoms with van der Waals surface area (Å²) >= 11 is 1.25. The number of thiazole rings is 1. The molecule has 3 saturated heterocycles. The van der Waals surface area contributed by atoms with E-state index in [0.29, 0.717) is 54.6 Å². The Hall–Kier alpha value is -6.80. The molecule has 5 aromatic rings. The van der Waals surface area contributed by atoms with Crippen molar-refractivity contribution in [2.45, 2.75) is 75.7 Å². The number of piperidine rings is 2. The van der Waals surface area contributed by atoms with Gasteiger partial charge in [-0.2, -0.15) is 0 Å². The normalized spacial score (nSPS) is 19.6. The van der Waals surface area contributed by atoms with Crippen LogP contribution in [0.3, 0.4) is 0 Å². The average molecular weight is 937 g/mol. The standard InChI is InChI=1S/C47H47F3N10O6S/c48-33-21-28(20-31-32(33)25-60(45(31)65)42(44(64)55-46-51-11-19-67-46)40-37-2-1-12-59(37)26-52-40)27-3-5-30(6-4-27)56-15-17-57(18-16-56)39(62)24-47(66)9-13-58(14-10-47)41-34(49)22-29(23-35(41)50)53-36-7-8-38(61)54-43(36)63/h3-6,11,19-23,26,36,42,53,66H,1-2,7-10,12-18,24-25H2,(H,51,55,64)(H,54,61,63)/t36-,42?/m0/s1. The van der Waals surface area contributed by atoms with Crippen molar-refractivity contribution in [1.29, 1.82) is 0 Å². The number of aryl methyl sites for hydroxylation is 1. The van der Waals surface area contributed by atoms with E-state index in [4.69, 9.17) is 0 Å². The molecule has 348 valence electrons. The number of nitrogens with one attached hydrogen (secondary N) is 3. The van der Waals surface area contributed by atoms with Gasteiger partial charge < -0.3 is 34.6 Å². The topological polar surface area (TPSA) is 185 Å². The van der Waals surface area contributed by atoms with Crippen molar-refractivity contribution in [1.82, 2.24) is 29.7 Å². The van der Waals surface area contributed by atoms with Gasteiger partial charge in [0, 0.05) is 92.0 Å².